The minimum atomic E-state index is -2.04. The Balaban J connectivity index is 2.85. The Bertz CT molecular complexity index is 217. The highest BCUT2D eigenvalue weighted by atomic mass is 28.5. The normalized spacial score (nSPS) is 34.2. The lowest BCUT2D eigenvalue weighted by Crippen LogP contribution is -2.56. The fraction of sp³-hybridized carbons (Fsp3) is 1.00. The summed E-state index contributed by atoms with van der Waals surface area (Å²) in [5, 5.41) is 0. The molecular weight excluding hydrogens is 224 g/mol. The van der Waals surface area contributed by atoms with Crippen molar-refractivity contribution in [2.24, 2.45) is 0 Å². The van der Waals surface area contributed by atoms with Crippen LogP contribution in [0.4, 0.5) is 0 Å². The van der Waals surface area contributed by atoms with Crippen molar-refractivity contribution in [3.05, 3.63) is 0 Å². The monoisotopic (exact) mass is 248 g/mol. The summed E-state index contributed by atoms with van der Waals surface area (Å²) in [6, 6.07) is 0. The molecule has 1 fully saturated rings. The van der Waals surface area contributed by atoms with E-state index in [2.05, 4.69) is 47.0 Å². The second kappa shape index (κ2) is 3.96. The lowest BCUT2D eigenvalue weighted by molar-refractivity contribution is 0.000508. The third-order valence-electron chi connectivity index (χ3n) is 2.28. The molecule has 0 N–H and O–H groups in total. The SMILES string of the molecule is CC1CC(C)(C)O[Si](C)(C)O[Si](C)(C)O1. The van der Waals surface area contributed by atoms with Crippen LogP contribution in [0.1, 0.15) is 27.2 Å². The van der Waals surface area contributed by atoms with E-state index in [9.17, 15) is 0 Å². The van der Waals surface area contributed by atoms with E-state index in [0.29, 0.717) is 0 Å². The van der Waals surface area contributed by atoms with Gasteiger partial charge in [-0.1, -0.05) is 0 Å². The molecule has 0 spiro atoms. The summed E-state index contributed by atoms with van der Waals surface area (Å²) >= 11 is 0. The number of hydrogen-bond acceptors (Lipinski definition) is 3. The van der Waals surface area contributed by atoms with E-state index in [1.807, 2.05) is 0 Å². The second-order valence-corrected chi connectivity index (χ2v) is 12.8. The van der Waals surface area contributed by atoms with Gasteiger partial charge in [0.1, 0.15) is 0 Å². The van der Waals surface area contributed by atoms with Crippen LogP contribution in [-0.4, -0.2) is 28.8 Å². The first-order valence-electron chi connectivity index (χ1n) is 5.60. The first-order valence-corrected chi connectivity index (χ1v) is 11.2. The molecule has 1 aliphatic rings. The lowest BCUT2D eigenvalue weighted by Gasteiger charge is -2.44. The first kappa shape index (κ1) is 13.4. The van der Waals surface area contributed by atoms with Crippen molar-refractivity contribution in [3.63, 3.8) is 0 Å². The molecule has 0 aromatic rings. The van der Waals surface area contributed by atoms with Crippen LogP contribution in [0, 0.1) is 0 Å². The Morgan fingerprint density at radius 1 is 1.07 bits per heavy atom. The average Bonchev–Trinajstić information content (AvgIpc) is 1.71. The fourth-order valence-corrected chi connectivity index (χ4v) is 10.1. The zero-order chi connectivity index (χ0) is 11.9. The molecule has 5 heteroatoms. The van der Waals surface area contributed by atoms with Gasteiger partial charge in [-0.25, -0.2) is 0 Å². The van der Waals surface area contributed by atoms with Gasteiger partial charge < -0.3 is 13.0 Å². The maximum Gasteiger partial charge on any atom is 0.323 e. The molecule has 1 unspecified atom stereocenters. The maximum atomic E-state index is 6.14. The third kappa shape index (κ3) is 4.36. The fourth-order valence-electron chi connectivity index (χ4n) is 2.56. The molecule has 1 rings (SSSR count). The number of hydrogen-bond donors (Lipinski definition) is 0. The van der Waals surface area contributed by atoms with Crippen molar-refractivity contribution in [3.8, 4) is 0 Å². The van der Waals surface area contributed by atoms with Crippen molar-refractivity contribution in [1.82, 2.24) is 0 Å². The van der Waals surface area contributed by atoms with Gasteiger partial charge in [0.15, 0.2) is 0 Å². The van der Waals surface area contributed by atoms with Gasteiger partial charge in [-0.15, -0.1) is 0 Å². The maximum absolute atomic E-state index is 6.14. The summed E-state index contributed by atoms with van der Waals surface area (Å²) < 4.78 is 18.3. The van der Waals surface area contributed by atoms with Crippen molar-refractivity contribution >= 4 is 17.1 Å². The molecule has 0 saturated carbocycles. The number of rotatable bonds is 0. The van der Waals surface area contributed by atoms with Gasteiger partial charge in [0.05, 0.1) is 5.60 Å². The largest absolute Gasteiger partial charge is 0.415 e. The van der Waals surface area contributed by atoms with Gasteiger partial charge in [-0.05, 0) is 53.4 Å². The summed E-state index contributed by atoms with van der Waals surface area (Å²) in [5.41, 5.74) is -0.139. The standard InChI is InChI=1S/C10H24O3Si2/c1-9-8-10(2,3)12-15(6,7)13-14(4,5)11-9/h9H,8H2,1-7H3. The van der Waals surface area contributed by atoms with Crippen LogP contribution < -0.4 is 0 Å². The van der Waals surface area contributed by atoms with E-state index >= 15 is 0 Å². The minimum Gasteiger partial charge on any atom is -0.415 e. The van der Waals surface area contributed by atoms with E-state index < -0.39 is 17.1 Å². The van der Waals surface area contributed by atoms with Crippen LogP contribution in [0.3, 0.4) is 0 Å². The second-order valence-electron chi connectivity index (χ2n) is 5.90. The molecule has 0 aromatic carbocycles. The molecule has 0 aliphatic carbocycles. The molecular formula is C10H24O3Si2. The van der Waals surface area contributed by atoms with E-state index in [0.717, 1.165) is 6.42 Å². The third-order valence-corrected chi connectivity index (χ3v) is 8.22. The summed E-state index contributed by atoms with van der Waals surface area (Å²) in [7, 11) is -4.03. The molecule has 1 saturated heterocycles. The lowest BCUT2D eigenvalue weighted by atomic mass is 10.0. The first-order chi connectivity index (χ1) is 6.52. The molecule has 3 nitrogen and oxygen atoms in total. The van der Waals surface area contributed by atoms with Crippen LogP contribution in [0.15, 0.2) is 0 Å². The van der Waals surface area contributed by atoms with Gasteiger partial charge >= 0.3 is 17.1 Å². The van der Waals surface area contributed by atoms with E-state index in [1.54, 1.807) is 0 Å². The summed E-state index contributed by atoms with van der Waals surface area (Å²) in [4.78, 5) is 0. The predicted molar refractivity (Wildman–Crippen MR) is 66.4 cm³/mol. The highest BCUT2D eigenvalue weighted by Gasteiger charge is 2.44. The Hall–Kier alpha value is 0.314. The zero-order valence-electron chi connectivity index (χ0n) is 11.0. The zero-order valence-corrected chi connectivity index (χ0v) is 13.0. The van der Waals surface area contributed by atoms with Gasteiger partial charge in [-0.3, -0.25) is 0 Å². The van der Waals surface area contributed by atoms with Crippen LogP contribution >= 0.6 is 0 Å². The van der Waals surface area contributed by atoms with Crippen molar-refractivity contribution in [2.75, 3.05) is 0 Å². The van der Waals surface area contributed by atoms with Gasteiger partial charge in [0.2, 0.25) is 0 Å². The van der Waals surface area contributed by atoms with E-state index in [4.69, 9.17) is 13.0 Å². The Morgan fingerprint density at radius 2 is 1.60 bits per heavy atom. The summed E-state index contributed by atoms with van der Waals surface area (Å²) in [6.45, 7) is 14.7. The van der Waals surface area contributed by atoms with Gasteiger partial charge in [0.25, 0.3) is 0 Å². The molecule has 15 heavy (non-hydrogen) atoms. The van der Waals surface area contributed by atoms with Gasteiger partial charge in [0, 0.05) is 6.10 Å². The van der Waals surface area contributed by atoms with Gasteiger partial charge in [-0.2, -0.15) is 0 Å². The Kier molecular flexibility index (Phi) is 3.53. The average molecular weight is 248 g/mol. The summed E-state index contributed by atoms with van der Waals surface area (Å²) in [5.74, 6) is 0. The van der Waals surface area contributed by atoms with Crippen molar-refractivity contribution in [1.29, 1.82) is 0 Å². The van der Waals surface area contributed by atoms with Crippen LogP contribution in [0.2, 0.25) is 26.2 Å². The molecule has 0 bridgehead atoms. The predicted octanol–water partition coefficient (Wildman–Crippen LogP) is 3.01. The Labute approximate surface area is 95.6 Å². The van der Waals surface area contributed by atoms with Crippen LogP contribution in [0.25, 0.3) is 0 Å². The Morgan fingerprint density at radius 3 is 2.13 bits per heavy atom. The highest BCUT2D eigenvalue weighted by molar-refractivity contribution is 6.78. The molecule has 90 valence electrons. The summed E-state index contributed by atoms with van der Waals surface area (Å²) in [6.07, 6.45) is 1.15. The molecule has 1 aliphatic heterocycles. The topological polar surface area (TPSA) is 27.7 Å². The van der Waals surface area contributed by atoms with Crippen LogP contribution in [0.5, 0.6) is 0 Å². The molecule has 1 heterocycles. The molecule has 0 aromatic heterocycles. The smallest absolute Gasteiger partial charge is 0.323 e. The quantitative estimate of drug-likeness (QED) is 0.617. The highest BCUT2D eigenvalue weighted by Crippen LogP contribution is 2.30. The van der Waals surface area contributed by atoms with E-state index in [1.165, 1.54) is 0 Å². The van der Waals surface area contributed by atoms with Crippen LogP contribution in [-0.2, 0) is 13.0 Å². The minimum absolute atomic E-state index is 0.139. The van der Waals surface area contributed by atoms with Crippen molar-refractivity contribution in [2.45, 2.75) is 65.1 Å². The van der Waals surface area contributed by atoms with Crippen molar-refractivity contribution < 1.29 is 13.0 Å². The van der Waals surface area contributed by atoms with E-state index in [-0.39, 0.29) is 11.7 Å². The molecule has 0 radical (unpaired) electrons. The molecule has 1 atom stereocenters. The molecule has 0 amide bonds.